The zero-order valence-electron chi connectivity index (χ0n) is 10.7. The zero-order chi connectivity index (χ0) is 12.0. The van der Waals surface area contributed by atoms with Crippen molar-refractivity contribution >= 4 is 0 Å². The Kier molecular flexibility index (Phi) is 5.56. The van der Waals surface area contributed by atoms with Crippen LogP contribution in [0, 0.1) is 5.92 Å². The highest BCUT2D eigenvalue weighted by atomic mass is 16.5. The van der Waals surface area contributed by atoms with Crippen molar-refractivity contribution in [1.82, 2.24) is 5.32 Å². The summed E-state index contributed by atoms with van der Waals surface area (Å²) in [5.41, 5.74) is 0. The molecule has 3 nitrogen and oxygen atoms in total. The van der Waals surface area contributed by atoms with Crippen molar-refractivity contribution in [3.63, 3.8) is 0 Å². The molecular weight excluding hydrogens is 202 g/mol. The largest absolute Gasteiger partial charge is 0.468 e. The van der Waals surface area contributed by atoms with Gasteiger partial charge in [0.2, 0.25) is 0 Å². The van der Waals surface area contributed by atoms with E-state index in [0.29, 0.717) is 12.0 Å². The standard InChI is InChI=1S/C13H23NO2/c1-5-11(13-7-6-8-16-13)14-12(9-15-4)10(2)3/h6-8,10-12,14H,5,9H2,1-4H3. The van der Waals surface area contributed by atoms with Crippen molar-refractivity contribution in [3.05, 3.63) is 24.2 Å². The van der Waals surface area contributed by atoms with Crippen LogP contribution in [-0.4, -0.2) is 19.8 Å². The summed E-state index contributed by atoms with van der Waals surface area (Å²) >= 11 is 0. The number of rotatable bonds is 7. The SMILES string of the molecule is CCC(NC(COC)C(C)C)c1ccco1. The number of furan rings is 1. The van der Waals surface area contributed by atoms with Gasteiger partial charge in [0.05, 0.1) is 18.9 Å². The molecule has 0 aliphatic carbocycles. The summed E-state index contributed by atoms with van der Waals surface area (Å²) in [5, 5.41) is 3.59. The van der Waals surface area contributed by atoms with E-state index in [1.54, 1.807) is 13.4 Å². The molecule has 0 spiro atoms. The molecule has 1 aromatic heterocycles. The van der Waals surface area contributed by atoms with Crippen LogP contribution in [0.15, 0.2) is 22.8 Å². The number of hydrogen-bond donors (Lipinski definition) is 1. The minimum atomic E-state index is 0.276. The van der Waals surface area contributed by atoms with Gasteiger partial charge in [-0.15, -0.1) is 0 Å². The van der Waals surface area contributed by atoms with Crippen molar-refractivity contribution in [2.24, 2.45) is 5.92 Å². The van der Waals surface area contributed by atoms with Gasteiger partial charge in [-0.05, 0) is 24.5 Å². The molecule has 0 aliphatic heterocycles. The Labute approximate surface area is 98.2 Å². The molecule has 0 amide bonds. The molecule has 0 radical (unpaired) electrons. The Morgan fingerprint density at radius 2 is 2.19 bits per heavy atom. The zero-order valence-corrected chi connectivity index (χ0v) is 10.7. The maximum absolute atomic E-state index is 5.44. The summed E-state index contributed by atoms with van der Waals surface area (Å²) in [5.74, 6) is 1.55. The van der Waals surface area contributed by atoms with Crippen LogP contribution in [0.4, 0.5) is 0 Å². The molecule has 2 unspecified atom stereocenters. The van der Waals surface area contributed by atoms with Gasteiger partial charge in [0.15, 0.2) is 0 Å². The third-order valence-electron chi connectivity index (χ3n) is 2.86. The molecule has 0 bridgehead atoms. The molecule has 3 heteroatoms. The smallest absolute Gasteiger partial charge is 0.120 e. The Balaban J connectivity index is 2.60. The molecule has 0 aromatic carbocycles. The molecule has 0 saturated heterocycles. The number of methoxy groups -OCH3 is 1. The van der Waals surface area contributed by atoms with Gasteiger partial charge in [-0.25, -0.2) is 0 Å². The van der Waals surface area contributed by atoms with E-state index in [0.717, 1.165) is 18.8 Å². The van der Waals surface area contributed by atoms with Gasteiger partial charge >= 0.3 is 0 Å². The van der Waals surface area contributed by atoms with Crippen LogP contribution in [0.5, 0.6) is 0 Å². The molecule has 0 aliphatic rings. The minimum Gasteiger partial charge on any atom is -0.468 e. The molecule has 1 aromatic rings. The van der Waals surface area contributed by atoms with Crippen molar-refractivity contribution in [2.45, 2.75) is 39.3 Å². The maximum Gasteiger partial charge on any atom is 0.120 e. The third-order valence-corrected chi connectivity index (χ3v) is 2.86. The monoisotopic (exact) mass is 225 g/mol. The van der Waals surface area contributed by atoms with E-state index >= 15 is 0 Å². The molecule has 1 N–H and O–H groups in total. The summed E-state index contributed by atoms with van der Waals surface area (Å²) in [7, 11) is 1.74. The van der Waals surface area contributed by atoms with E-state index in [1.807, 2.05) is 12.1 Å². The normalized spacial score (nSPS) is 15.3. The van der Waals surface area contributed by atoms with Gasteiger partial charge in [-0.3, -0.25) is 0 Å². The highest BCUT2D eigenvalue weighted by Crippen LogP contribution is 2.19. The van der Waals surface area contributed by atoms with Crippen LogP contribution in [0.2, 0.25) is 0 Å². The Bertz CT molecular complexity index is 269. The first-order chi connectivity index (χ1) is 7.69. The van der Waals surface area contributed by atoms with Crippen LogP contribution in [-0.2, 0) is 4.74 Å². The van der Waals surface area contributed by atoms with Gasteiger partial charge in [0.25, 0.3) is 0 Å². The number of ether oxygens (including phenoxy) is 1. The molecule has 1 rings (SSSR count). The lowest BCUT2D eigenvalue weighted by Crippen LogP contribution is -2.39. The summed E-state index contributed by atoms with van der Waals surface area (Å²) in [6, 6.07) is 4.59. The van der Waals surface area contributed by atoms with Crippen molar-refractivity contribution in [3.8, 4) is 0 Å². The fourth-order valence-corrected chi connectivity index (χ4v) is 1.76. The van der Waals surface area contributed by atoms with Crippen molar-refractivity contribution in [2.75, 3.05) is 13.7 Å². The second-order valence-electron chi connectivity index (χ2n) is 4.45. The molecule has 92 valence electrons. The average Bonchev–Trinajstić information content (AvgIpc) is 2.77. The first-order valence-corrected chi connectivity index (χ1v) is 5.97. The highest BCUT2D eigenvalue weighted by Gasteiger charge is 2.19. The molecular formula is C13H23NO2. The van der Waals surface area contributed by atoms with Gasteiger partial charge in [0, 0.05) is 13.2 Å². The lowest BCUT2D eigenvalue weighted by molar-refractivity contribution is 0.137. The Hall–Kier alpha value is -0.800. The van der Waals surface area contributed by atoms with Crippen LogP contribution in [0.1, 0.15) is 39.0 Å². The van der Waals surface area contributed by atoms with Crippen LogP contribution < -0.4 is 5.32 Å². The molecule has 2 atom stereocenters. The number of hydrogen-bond acceptors (Lipinski definition) is 3. The second kappa shape index (κ2) is 6.71. The van der Waals surface area contributed by atoms with Gasteiger partial charge in [-0.2, -0.15) is 0 Å². The highest BCUT2D eigenvalue weighted by molar-refractivity contribution is 5.04. The second-order valence-corrected chi connectivity index (χ2v) is 4.45. The van der Waals surface area contributed by atoms with E-state index in [9.17, 15) is 0 Å². The maximum atomic E-state index is 5.44. The van der Waals surface area contributed by atoms with E-state index in [-0.39, 0.29) is 6.04 Å². The topological polar surface area (TPSA) is 34.4 Å². The summed E-state index contributed by atoms with van der Waals surface area (Å²) in [4.78, 5) is 0. The minimum absolute atomic E-state index is 0.276. The van der Waals surface area contributed by atoms with E-state index < -0.39 is 0 Å². The lowest BCUT2D eigenvalue weighted by atomic mass is 10.0. The molecule has 0 fully saturated rings. The van der Waals surface area contributed by atoms with Gasteiger partial charge < -0.3 is 14.5 Å². The van der Waals surface area contributed by atoms with E-state index in [4.69, 9.17) is 9.15 Å². The van der Waals surface area contributed by atoms with Crippen molar-refractivity contribution in [1.29, 1.82) is 0 Å². The lowest BCUT2D eigenvalue weighted by Gasteiger charge is -2.26. The van der Waals surface area contributed by atoms with Crippen LogP contribution >= 0.6 is 0 Å². The molecule has 0 saturated carbocycles. The van der Waals surface area contributed by atoms with Crippen LogP contribution in [0.3, 0.4) is 0 Å². The summed E-state index contributed by atoms with van der Waals surface area (Å²) < 4.78 is 10.7. The van der Waals surface area contributed by atoms with Crippen molar-refractivity contribution < 1.29 is 9.15 Å². The Morgan fingerprint density at radius 1 is 1.44 bits per heavy atom. The molecule has 16 heavy (non-hydrogen) atoms. The predicted molar refractivity (Wildman–Crippen MR) is 65.4 cm³/mol. The first kappa shape index (κ1) is 13.3. The first-order valence-electron chi connectivity index (χ1n) is 5.97. The van der Waals surface area contributed by atoms with Gasteiger partial charge in [-0.1, -0.05) is 20.8 Å². The Morgan fingerprint density at radius 3 is 2.62 bits per heavy atom. The fraction of sp³-hybridized carbons (Fsp3) is 0.692. The van der Waals surface area contributed by atoms with Crippen LogP contribution in [0.25, 0.3) is 0 Å². The summed E-state index contributed by atoms with van der Waals surface area (Å²) in [6.07, 6.45) is 2.74. The fourth-order valence-electron chi connectivity index (χ4n) is 1.76. The number of nitrogens with one attached hydrogen (secondary N) is 1. The van der Waals surface area contributed by atoms with Gasteiger partial charge in [0.1, 0.15) is 5.76 Å². The van der Waals surface area contributed by atoms with E-state index in [2.05, 4.69) is 26.1 Å². The average molecular weight is 225 g/mol. The van der Waals surface area contributed by atoms with E-state index in [1.165, 1.54) is 0 Å². The predicted octanol–water partition coefficient (Wildman–Crippen LogP) is 2.99. The molecule has 1 heterocycles. The third kappa shape index (κ3) is 3.65. The quantitative estimate of drug-likeness (QED) is 0.774. The summed E-state index contributed by atoms with van der Waals surface area (Å²) in [6.45, 7) is 7.29.